The maximum absolute atomic E-state index is 13.0. The van der Waals surface area contributed by atoms with Crippen molar-refractivity contribution >= 4 is 5.97 Å². The molecule has 1 aromatic carbocycles. The molecule has 0 atom stereocenters. The van der Waals surface area contributed by atoms with Gasteiger partial charge in [0.2, 0.25) is 0 Å². The lowest BCUT2D eigenvalue weighted by Gasteiger charge is -2.05. The molecule has 1 aromatic rings. The van der Waals surface area contributed by atoms with Crippen molar-refractivity contribution in [3.63, 3.8) is 0 Å². The highest BCUT2D eigenvalue weighted by Gasteiger charge is 2.18. The third-order valence-electron chi connectivity index (χ3n) is 1.79. The first-order valence-electron chi connectivity index (χ1n) is 3.76. The van der Waals surface area contributed by atoms with Gasteiger partial charge in [-0.2, -0.15) is 5.26 Å². The summed E-state index contributed by atoms with van der Waals surface area (Å²) in [4.78, 5) is 10.7. The summed E-state index contributed by atoms with van der Waals surface area (Å²) in [5.74, 6) is -2.19. The number of aromatic carboxylic acids is 1. The van der Waals surface area contributed by atoms with Crippen LogP contribution in [0.4, 0.5) is 4.39 Å². The van der Waals surface area contributed by atoms with E-state index in [1.54, 1.807) is 0 Å². The largest absolute Gasteiger partial charge is 0.478 e. The molecule has 0 spiro atoms. The first-order chi connectivity index (χ1) is 6.61. The minimum Gasteiger partial charge on any atom is -0.478 e. The van der Waals surface area contributed by atoms with E-state index >= 15 is 0 Å². The summed E-state index contributed by atoms with van der Waals surface area (Å²) in [6.45, 7) is -0.0450. The van der Waals surface area contributed by atoms with Gasteiger partial charge in [-0.25, -0.2) is 9.18 Å². The van der Waals surface area contributed by atoms with Crippen LogP contribution >= 0.6 is 0 Å². The summed E-state index contributed by atoms with van der Waals surface area (Å²) in [5, 5.41) is 17.3. The number of nitrogens with two attached hydrogens (primary N) is 1. The van der Waals surface area contributed by atoms with E-state index in [0.29, 0.717) is 0 Å². The van der Waals surface area contributed by atoms with Crippen LogP contribution in [0.15, 0.2) is 12.1 Å². The molecule has 0 aliphatic carbocycles. The summed E-state index contributed by atoms with van der Waals surface area (Å²) in [6, 6.07) is 3.81. The molecule has 0 aliphatic heterocycles. The number of hydrogen-bond donors (Lipinski definition) is 2. The zero-order chi connectivity index (χ0) is 10.7. The first-order valence-corrected chi connectivity index (χ1v) is 3.76. The van der Waals surface area contributed by atoms with Crippen molar-refractivity contribution < 1.29 is 14.3 Å². The summed E-state index contributed by atoms with van der Waals surface area (Å²) in [5.41, 5.74) is 4.69. The predicted molar refractivity (Wildman–Crippen MR) is 46.0 cm³/mol. The van der Waals surface area contributed by atoms with Gasteiger partial charge in [0.15, 0.2) is 0 Å². The van der Waals surface area contributed by atoms with E-state index < -0.39 is 17.3 Å². The highest BCUT2D eigenvalue weighted by Crippen LogP contribution is 2.17. The monoisotopic (exact) mass is 194 g/mol. The average molecular weight is 194 g/mol. The Kier molecular flexibility index (Phi) is 2.79. The lowest BCUT2D eigenvalue weighted by molar-refractivity contribution is 0.0694. The van der Waals surface area contributed by atoms with Crippen LogP contribution in [0.2, 0.25) is 0 Å². The third-order valence-corrected chi connectivity index (χ3v) is 1.79. The number of halogens is 1. The maximum Gasteiger partial charge on any atom is 0.337 e. The minimum atomic E-state index is -1.35. The van der Waals surface area contributed by atoms with E-state index in [9.17, 15) is 9.18 Å². The molecule has 3 N–H and O–H groups in total. The summed E-state index contributed by atoms with van der Waals surface area (Å²) >= 11 is 0. The molecule has 5 heteroatoms. The van der Waals surface area contributed by atoms with E-state index in [1.807, 2.05) is 0 Å². The van der Waals surface area contributed by atoms with Gasteiger partial charge in [0.25, 0.3) is 0 Å². The molecule has 0 amide bonds. The molecule has 0 radical (unpaired) electrons. The van der Waals surface area contributed by atoms with Crippen molar-refractivity contribution in [3.8, 4) is 6.07 Å². The van der Waals surface area contributed by atoms with Crippen molar-refractivity contribution in [1.29, 1.82) is 5.26 Å². The van der Waals surface area contributed by atoms with E-state index in [-0.39, 0.29) is 17.7 Å². The van der Waals surface area contributed by atoms with Gasteiger partial charge in [-0.05, 0) is 11.6 Å². The van der Waals surface area contributed by atoms with E-state index in [1.165, 1.54) is 12.1 Å². The standard InChI is InChI=1S/C9H7FN2O2/c10-7-2-1-5(3-11)8(9(13)14)6(7)4-12/h1-2H,3,11H2,(H,13,14). The molecule has 0 saturated heterocycles. The fourth-order valence-corrected chi connectivity index (χ4v) is 1.14. The normalized spacial score (nSPS) is 9.50. The van der Waals surface area contributed by atoms with Crippen molar-refractivity contribution in [1.82, 2.24) is 0 Å². The van der Waals surface area contributed by atoms with Crippen LogP contribution < -0.4 is 5.73 Å². The third kappa shape index (κ3) is 1.56. The van der Waals surface area contributed by atoms with Gasteiger partial charge in [-0.1, -0.05) is 6.07 Å². The molecule has 0 unspecified atom stereocenters. The van der Waals surface area contributed by atoms with Gasteiger partial charge in [-0.15, -0.1) is 0 Å². The van der Waals surface area contributed by atoms with Crippen LogP contribution in [0, 0.1) is 17.1 Å². The number of nitrogens with zero attached hydrogens (tertiary/aromatic N) is 1. The number of carboxylic acids is 1. The van der Waals surface area contributed by atoms with Gasteiger partial charge in [0, 0.05) is 6.54 Å². The number of hydrogen-bond acceptors (Lipinski definition) is 3. The fraction of sp³-hybridized carbons (Fsp3) is 0.111. The molecular weight excluding hydrogens is 187 g/mol. The Morgan fingerprint density at radius 1 is 1.64 bits per heavy atom. The molecule has 0 bridgehead atoms. The fourth-order valence-electron chi connectivity index (χ4n) is 1.14. The lowest BCUT2D eigenvalue weighted by Crippen LogP contribution is -2.10. The van der Waals surface area contributed by atoms with Crippen LogP contribution in [0.5, 0.6) is 0 Å². The molecular formula is C9H7FN2O2. The van der Waals surface area contributed by atoms with Crippen LogP contribution in [0.3, 0.4) is 0 Å². The Balaban J connectivity index is 3.54. The number of carbonyl (C=O) groups is 1. The van der Waals surface area contributed by atoms with E-state index in [2.05, 4.69) is 0 Å². The molecule has 0 aliphatic rings. The second kappa shape index (κ2) is 3.85. The van der Waals surface area contributed by atoms with Gasteiger partial charge in [0.05, 0.1) is 5.56 Å². The number of rotatable bonds is 2. The Morgan fingerprint density at radius 3 is 2.71 bits per heavy atom. The number of nitriles is 1. The maximum atomic E-state index is 13.0. The SMILES string of the molecule is N#Cc1c(F)ccc(CN)c1C(=O)O. The Bertz CT molecular complexity index is 424. The molecule has 0 heterocycles. The number of benzene rings is 1. The molecule has 4 nitrogen and oxygen atoms in total. The van der Waals surface area contributed by atoms with Gasteiger partial charge in [0.1, 0.15) is 17.4 Å². The predicted octanol–water partition coefficient (Wildman–Crippen LogP) is 0.854. The number of carboxylic acid groups (broad SMARTS) is 1. The van der Waals surface area contributed by atoms with Gasteiger partial charge in [-0.3, -0.25) is 0 Å². The van der Waals surface area contributed by atoms with E-state index in [4.69, 9.17) is 16.1 Å². The highest BCUT2D eigenvalue weighted by atomic mass is 19.1. The second-order valence-electron chi connectivity index (χ2n) is 2.58. The van der Waals surface area contributed by atoms with Crippen LogP contribution in [-0.2, 0) is 6.54 Å². The zero-order valence-electron chi connectivity index (χ0n) is 7.12. The van der Waals surface area contributed by atoms with Gasteiger partial charge >= 0.3 is 5.97 Å². The van der Waals surface area contributed by atoms with Crippen molar-refractivity contribution in [3.05, 3.63) is 34.6 Å². The smallest absolute Gasteiger partial charge is 0.337 e. The van der Waals surface area contributed by atoms with Crippen LogP contribution in [-0.4, -0.2) is 11.1 Å². The second-order valence-corrected chi connectivity index (χ2v) is 2.58. The van der Waals surface area contributed by atoms with Crippen molar-refractivity contribution in [2.75, 3.05) is 0 Å². The minimum absolute atomic E-state index is 0.0450. The Labute approximate surface area is 79.4 Å². The van der Waals surface area contributed by atoms with Crippen molar-refractivity contribution in [2.24, 2.45) is 5.73 Å². The summed E-state index contributed by atoms with van der Waals surface area (Å²) in [7, 11) is 0. The van der Waals surface area contributed by atoms with Crippen LogP contribution in [0.1, 0.15) is 21.5 Å². The lowest BCUT2D eigenvalue weighted by atomic mass is 10.0. The van der Waals surface area contributed by atoms with E-state index in [0.717, 1.165) is 6.07 Å². The first kappa shape index (κ1) is 10.2. The average Bonchev–Trinajstić information content (AvgIpc) is 2.17. The van der Waals surface area contributed by atoms with Crippen LogP contribution in [0.25, 0.3) is 0 Å². The highest BCUT2D eigenvalue weighted by molar-refractivity contribution is 5.92. The molecule has 72 valence electrons. The Morgan fingerprint density at radius 2 is 2.29 bits per heavy atom. The molecule has 14 heavy (non-hydrogen) atoms. The molecule has 1 rings (SSSR count). The molecule has 0 fully saturated rings. The quantitative estimate of drug-likeness (QED) is 0.730. The Hall–Kier alpha value is -1.93. The molecule has 0 saturated carbocycles. The summed E-state index contributed by atoms with van der Waals surface area (Å²) < 4.78 is 13.0. The summed E-state index contributed by atoms with van der Waals surface area (Å²) in [6.07, 6.45) is 0. The zero-order valence-corrected chi connectivity index (χ0v) is 7.12. The van der Waals surface area contributed by atoms with Crippen molar-refractivity contribution in [2.45, 2.75) is 6.54 Å². The topological polar surface area (TPSA) is 87.1 Å². The van der Waals surface area contributed by atoms with Gasteiger partial charge < -0.3 is 10.8 Å². The molecule has 0 aromatic heterocycles.